The molecule has 0 aliphatic rings. The van der Waals surface area contributed by atoms with Gasteiger partial charge in [-0.1, -0.05) is 60.7 Å². The molecule has 0 saturated carbocycles. The average molecular weight is 270 g/mol. The Labute approximate surface area is 118 Å². The van der Waals surface area contributed by atoms with Gasteiger partial charge >= 0.3 is 5.97 Å². The summed E-state index contributed by atoms with van der Waals surface area (Å²) in [6, 6.07) is 18.3. The molecule has 0 bridgehead atoms. The van der Waals surface area contributed by atoms with E-state index in [1.807, 2.05) is 60.7 Å². The van der Waals surface area contributed by atoms with Gasteiger partial charge in [0.05, 0.1) is 0 Å². The van der Waals surface area contributed by atoms with E-state index in [0.29, 0.717) is 24.2 Å². The van der Waals surface area contributed by atoms with Crippen molar-refractivity contribution in [2.45, 2.75) is 5.54 Å². The molecule has 0 amide bonds. The minimum Gasteiger partial charge on any atom is -0.479 e. The first-order valence-corrected chi connectivity index (χ1v) is 6.51. The summed E-state index contributed by atoms with van der Waals surface area (Å²) in [6.07, 6.45) is 0. The van der Waals surface area contributed by atoms with Crippen LogP contribution in [0.15, 0.2) is 60.7 Å². The van der Waals surface area contributed by atoms with Gasteiger partial charge < -0.3 is 10.8 Å². The van der Waals surface area contributed by atoms with Crippen molar-refractivity contribution in [1.82, 2.24) is 5.32 Å². The first-order valence-electron chi connectivity index (χ1n) is 6.51. The minimum atomic E-state index is -1.28. The predicted molar refractivity (Wildman–Crippen MR) is 78.4 cm³/mol. The lowest BCUT2D eigenvalue weighted by atomic mass is 9.82. The van der Waals surface area contributed by atoms with Gasteiger partial charge in [0.2, 0.25) is 0 Å². The van der Waals surface area contributed by atoms with Crippen LogP contribution in [0.3, 0.4) is 0 Å². The molecule has 4 nitrogen and oxygen atoms in total. The van der Waals surface area contributed by atoms with Crippen LogP contribution in [0.25, 0.3) is 0 Å². The maximum atomic E-state index is 12.0. The van der Waals surface area contributed by atoms with E-state index in [0.717, 1.165) is 0 Å². The number of rotatable bonds is 6. The SMILES string of the molecule is NCCNC(C(=O)O)(c1ccccc1)c1ccccc1. The Morgan fingerprint density at radius 3 is 1.80 bits per heavy atom. The lowest BCUT2D eigenvalue weighted by molar-refractivity contribution is -0.143. The quantitative estimate of drug-likeness (QED) is 0.744. The van der Waals surface area contributed by atoms with Gasteiger partial charge in [-0.3, -0.25) is 5.32 Å². The van der Waals surface area contributed by atoms with Gasteiger partial charge in [0.1, 0.15) is 0 Å². The molecule has 2 rings (SSSR count). The zero-order valence-electron chi connectivity index (χ0n) is 11.1. The Hall–Kier alpha value is -2.17. The maximum absolute atomic E-state index is 12.0. The normalized spacial score (nSPS) is 11.2. The monoisotopic (exact) mass is 270 g/mol. The van der Waals surface area contributed by atoms with Crippen LogP contribution in [0.1, 0.15) is 11.1 Å². The molecular weight excluding hydrogens is 252 g/mol. The average Bonchev–Trinajstić information content (AvgIpc) is 2.50. The Bertz CT molecular complexity index is 516. The third kappa shape index (κ3) is 2.57. The molecule has 2 aromatic carbocycles. The van der Waals surface area contributed by atoms with Gasteiger partial charge in [-0.25, -0.2) is 4.79 Å². The zero-order chi connectivity index (χ0) is 14.4. The van der Waals surface area contributed by atoms with E-state index in [-0.39, 0.29) is 0 Å². The second-order valence-corrected chi connectivity index (χ2v) is 4.50. The van der Waals surface area contributed by atoms with E-state index >= 15 is 0 Å². The Kier molecular flexibility index (Phi) is 4.50. The van der Waals surface area contributed by atoms with Gasteiger partial charge in [0, 0.05) is 13.1 Å². The summed E-state index contributed by atoms with van der Waals surface area (Å²) in [5.74, 6) is -0.941. The van der Waals surface area contributed by atoms with Crippen LogP contribution in [-0.2, 0) is 10.3 Å². The molecule has 0 aliphatic heterocycles. The third-order valence-electron chi connectivity index (χ3n) is 3.27. The highest BCUT2D eigenvalue weighted by Gasteiger charge is 2.41. The fraction of sp³-hybridized carbons (Fsp3) is 0.188. The van der Waals surface area contributed by atoms with Crippen LogP contribution >= 0.6 is 0 Å². The van der Waals surface area contributed by atoms with Crippen molar-refractivity contribution < 1.29 is 9.90 Å². The largest absolute Gasteiger partial charge is 0.479 e. The fourth-order valence-electron chi connectivity index (χ4n) is 2.33. The van der Waals surface area contributed by atoms with E-state index in [2.05, 4.69) is 5.32 Å². The molecule has 0 atom stereocenters. The van der Waals surface area contributed by atoms with Crippen LogP contribution < -0.4 is 11.1 Å². The molecule has 20 heavy (non-hydrogen) atoms. The number of carboxylic acids is 1. The molecule has 0 saturated heterocycles. The van der Waals surface area contributed by atoms with E-state index < -0.39 is 11.5 Å². The summed E-state index contributed by atoms with van der Waals surface area (Å²) in [5.41, 5.74) is 5.64. The van der Waals surface area contributed by atoms with Crippen molar-refractivity contribution in [2.24, 2.45) is 5.73 Å². The van der Waals surface area contributed by atoms with Gasteiger partial charge in [-0.05, 0) is 11.1 Å². The van der Waals surface area contributed by atoms with Crippen molar-refractivity contribution in [3.8, 4) is 0 Å². The topological polar surface area (TPSA) is 75.3 Å². The molecule has 0 aliphatic carbocycles. The molecule has 0 aromatic heterocycles. The van der Waals surface area contributed by atoms with E-state index in [9.17, 15) is 9.90 Å². The second-order valence-electron chi connectivity index (χ2n) is 4.50. The second kappa shape index (κ2) is 6.32. The Morgan fingerprint density at radius 1 is 1.00 bits per heavy atom. The summed E-state index contributed by atoms with van der Waals surface area (Å²) in [4.78, 5) is 12.0. The first-order chi connectivity index (χ1) is 9.71. The molecule has 0 radical (unpaired) electrons. The molecule has 0 unspecified atom stereocenters. The standard InChI is InChI=1S/C16H18N2O2/c17-11-12-18-16(15(19)20,13-7-3-1-4-8-13)14-9-5-2-6-10-14/h1-10,18H,11-12,17H2,(H,19,20). The highest BCUT2D eigenvalue weighted by atomic mass is 16.4. The molecule has 0 fully saturated rings. The molecule has 0 heterocycles. The van der Waals surface area contributed by atoms with Crippen LogP contribution in [-0.4, -0.2) is 24.2 Å². The van der Waals surface area contributed by atoms with E-state index in [1.165, 1.54) is 0 Å². The number of nitrogens with one attached hydrogen (secondary N) is 1. The number of hydrogen-bond donors (Lipinski definition) is 3. The summed E-state index contributed by atoms with van der Waals surface area (Å²) in [6.45, 7) is 0.783. The lowest BCUT2D eigenvalue weighted by Crippen LogP contribution is -2.51. The summed E-state index contributed by atoms with van der Waals surface area (Å²) in [5, 5.41) is 12.9. The lowest BCUT2D eigenvalue weighted by Gasteiger charge is -2.31. The van der Waals surface area contributed by atoms with Gasteiger partial charge in [0.25, 0.3) is 0 Å². The highest BCUT2D eigenvalue weighted by Crippen LogP contribution is 2.29. The van der Waals surface area contributed by atoms with Gasteiger partial charge in [-0.2, -0.15) is 0 Å². The van der Waals surface area contributed by atoms with Crippen LogP contribution in [0.5, 0.6) is 0 Å². The van der Waals surface area contributed by atoms with Crippen molar-refractivity contribution in [3.63, 3.8) is 0 Å². The van der Waals surface area contributed by atoms with Crippen molar-refractivity contribution in [1.29, 1.82) is 0 Å². The number of carbonyl (C=O) groups is 1. The smallest absolute Gasteiger partial charge is 0.333 e. The Morgan fingerprint density at radius 2 is 1.45 bits per heavy atom. The van der Waals surface area contributed by atoms with Crippen LogP contribution in [0.2, 0.25) is 0 Å². The minimum absolute atomic E-state index is 0.370. The fourth-order valence-corrected chi connectivity index (χ4v) is 2.33. The Balaban J connectivity index is 2.60. The van der Waals surface area contributed by atoms with E-state index in [4.69, 9.17) is 5.73 Å². The molecule has 0 spiro atoms. The van der Waals surface area contributed by atoms with Crippen molar-refractivity contribution in [3.05, 3.63) is 71.8 Å². The predicted octanol–water partition coefficient (Wildman–Crippen LogP) is 1.56. The first kappa shape index (κ1) is 14.2. The maximum Gasteiger partial charge on any atom is 0.333 e. The van der Waals surface area contributed by atoms with Crippen LogP contribution in [0.4, 0.5) is 0 Å². The number of hydrogen-bond acceptors (Lipinski definition) is 3. The summed E-state index contributed by atoms with van der Waals surface area (Å²) in [7, 11) is 0. The third-order valence-corrected chi connectivity index (χ3v) is 3.27. The zero-order valence-corrected chi connectivity index (χ0v) is 11.1. The van der Waals surface area contributed by atoms with E-state index in [1.54, 1.807) is 0 Å². The molecule has 4 heteroatoms. The number of nitrogens with two attached hydrogens (primary N) is 1. The summed E-state index contributed by atoms with van der Waals surface area (Å²) < 4.78 is 0. The number of benzene rings is 2. The van der Waals surface area contributed by atoms with Gasteiger partial charge in [0.15, 0.2) is 5.54 Å². The van der Waals surface area contributed by atoms with Crippen molar-refractivity contribution >= 4 is 5.97 Å². The molecule has 104 valence electrons. The number of carboxylic acid groups (broad SMARTS) is 1. The summed E-state index contributed by atoms with van der Waals surface area (Å²) >= 11 is 0. The highest BCUT2D eigenvalue weighted by molar-refractivity contribution is 5.85. The van der Waals surface area contributed by atoms with Crippen LogP contribution in [0, 0.1) is 0 Å². The molecular formula is C16H18N2O2. The number of aliphatic carboxylic acids is 1. The molecule has 2 aromatic rings. The van der Waals surface area contributed by atoms with Gasteiger partial charge in [-0.15, -0.1) is 0 Å². The molecule has 4 N–H and O–H groups in total. The van der Waals surface area contributed by atoms with Crippen molar-refractivity contribution in [2.75, 3.05) is 13.1 Å².